The van der Waals surface area contributed by atoms with E-state index in [1.54, 1.807) is 12.4 Å². The summed E-state index contributed by atoms with van der Waals surface area (Å²) in [5.74, 6) is -3.44. The summed E-state index contributed by atoms with van der Waals surface area (Å²) in [4.78, 5) is 22.6. The van der Waals surface area contributed by atoms with Crippen LogP contribution in [0.3, 0.4) is 0 Å². The van der Waals surface area contributed by atoms with Gasteiger partial charge in [-0.25, -0.2) is 4.79 Å². The van der Waals surface area contributed by atoms with Crippen molar-refractivity contribution in [2.24, 2.45) is 0 Å². The largest absolute Gasteiger partial charge is 0.490 e. The zero-order valence-corrected chi connectivity index (χ0v) is 11.5. The Morgan fingerprint density at radius 2 is 1.52 bits per heavy atom. The van der Waals surface area contributed by atoms with Gasteiger partial charge in [0.2, 0.25) is 0 Å². The first-order valence-electron chi connectivity index (χ1n) is 6.08. The molecule has 8 heteroatoms. The minimum atomic E-state index is -5.08. The van der Waals surface area contributed by atoms with Crippen molar-refractivity contribution in [3.8, 4) is 0 Å². The molecule has 0 saturated carbocycles. The molecule has 0 atom stereocenters. The first-order chi connectivity index (χ1) is 9.71. The van der Waals surface area contributed by atoms with Crippen molar-refractivity contribution in [2.45, 2.75) is 38.8 Å². The van der Waals surface area contributed by atoms with Crippen LogP contribution in [0, 0.1) is 0 Å². The molecule has 1 heterocycles. The quantitative estimate of drug-likeness (QED) is 0.833. The van der Waals surface area contributed by atoms with Crippen LogP contribution in [-0.2, 0) is 9.59 Å². The van der Waals surface area contributed by atoms with Crippen LogP contribution in [0.25, 0.3) is 0 Å². The van der Waals surface area contributed by atoms with Crippen LogP contribution in [0.5, 0.6) is 0 Å². The summed E-state index contributed by atoms with van der Waals surface area (Å²) >= 11 is 0. The van der Waals surface area contributed by atoms with E-state index >= 15 is 0 Å². The van der Waals surface area contributed by atoms with Gasteiger partial charge in [-0.3, -0.25) is 9.78 Å². The number of aromatic nitrogens is 1. The number of carboxylic acid groups (broad SMARTS) is 2. The zero-order valence-electron chi connectivity index (χ0n) is 11.5. The van der Waals surface area contributed by atoms with Gasteiger partial charge in [-0.2, -0.15) is 13.2 Å². The number of pyridine rings is 1. The van der Waals surface area contributed by atoms with Crippen molar-refractivity contribution in [2.75, 3.05) is 0 Å². The second-order valence-electron chi connectivity index (χ2n) is 3.68. The molecule has 0 unspecified atom stereocenters. The molecule has 0 aliphatic heterocycles. The predicted octanol–water partition coefficient (Wildman–Crippen LogP) is 3.37. The SMILES string of the molecule is CCCCCC(=O)O.O=C(O)C(F)(F)F.c1ccncc1. The topological polar surface area (TPSA) is 87.5 Å². The molecule has 5 nitrogen and oxygen atoms in total. The molecule has 0 aromatic carbocycles. The number of nitrogens with zero attached hydrogens (tertiary/aromatic N) is 1. The summed E-state index contributed by atoms with van der Waals surface area (Å²) in [5.41, 5.74) is 0. The van der Waals surface area contributed by atoms with Crippen molar-refractivity contribution in [1.82, 2.24) is 4.98 Å². The van der Waals surface area contributed by atoms with E-state index in [0.29, 0.717) is 6.42 Å². The number of unbranched alkanes of at least 4 members (excludes halogenated alkanes) is 2. The minimum absolute atomic E-state index is 0.327. The molecule has 0 aliphatic carbocycles. The smallest absolute Gasteiger partial charge is 0.481 e. The molecule has 2 N–H and O–H groups in total. The molecule has 0 spiro atoms. The molecule has 1 rings (SSSR count). The van der Waals surface area contributed by atoms with Gasteiger partial charge in [0.25, 0.3) is 0 Å². The summed E-state index contributed by atoms with van der Waals surface area (Å²) in [6.07, 6.45) is 1.69. The summed E-state index contributed by atoms with van der Waals surface area (Å²) < 4.78 is 31.7. The van der Waals surface area contributed by atoms with Gasteiger partial charge >= 0.3 is 18.1 Å². The molecule has 0 radical (unpaired) electrons. The fourth-order valence-corrected chi connectivity index (χ4v) is 0.839. The molecule has 1 aromatic heterocycles. The van der Waals surface area contributed by atoms with E-state index < -0.39 is 18.1 Å². The van der Waals surface area contributed by atoms with E-state index in [1.165, 1.54) is 0 Å². The molecular weight excluding hydrogens is 291 g/mol. The van der Waals surface area contributed by atoms with Gasteiger partial charge in [0.15, 0.2) is 0 Å². The summed E-state index contributed by atoms with van der Waals surface area (Å²) in [6, 6.07) is 5.72. The van der Waals surface area contributed by atoms with E-state index in [2.05, 4.69) is 11.9 Å². The lowest BCUT2D eigenvalue weighted by molar-refractivity contribution is -0.192. The summed E-state index contributed by atoms with van der Waals surface area (Å²) in [7, 11) is 0. The van der Waals surface area contributed by atoms with Crippen LogP contribution in [0.1, 0.15) is 32.6 Å². The van der Waals surface area contributed by atoms with E-state index in [4.69, 9.17) is 15.0 Å². The molecule has 21 heavy (non-hydrogen) atoms. The third-order valence-corrected chi connectivity index (χ3v) is 1.80. The molecule has 0 fully saturated rings. The van der Waals surface area contributed by atoms with Crippen LogP contribution >= 0.6 is 0 Å². The molecule has 0 aliphatic rings. The molecule has 0 bridgehead atoms. The fourth-order valence-electron chi connectivity index (χ4n) is 0.839. The highest BCUT2D eigenvalue weighted by molar-refractivity contribution is 5.73. The Bertz CT molecular complexity index is 356. The number of halogens is 3. The van der Waals surface area contributed by atoms with Gasteiger partial charge < -0.3 is 10.2 Å². The number of alkyl halides is 3. The molecular formula is C13H18F3NO4. The van der Waals surface area contributed by atoms with Crippen LogP contribution in [0.2, 0.25) is 0 Å². The highest BCUT2D eigenvalue weighted by Gasteiger charge is 2.38. The Balaban J connectivity index is 0. The normalized spacial score (nSPS) is 9.52. The van der Waals surface area contributed by atoms with Gasteiger partial charge in [-0.05, 0) is 18.6 Å². The lowest BCUT2D eigenvalue weighted by Crippen LogP contribution is -2.21. The van der Waals surface area contributed by atoms with Gasteiger partial charge in [0.05, 0.1) is 0 Å². The summed E-state index contributed by atoms with van der Waals surface area (Å²) in [6.45, 7) is 2.06. The maximum atomic E-state index is 10.6. The first kappa shape index (κ1) is 21.2. The Morgan fingerprint density at radius 1 is 1.05 bits per heavy atom. The lowest BCUT2D eigenvalue weighted by atomic mass is 10.2. The highest BCUT2D eigenvalue weighted by Crippen LogP contribution is 2.13. The van der Waals surface area contributed by atoms with E-state index in [0.717, 1.165) is 19.3 Å². The van der Waals surface area contributed by atoms with Crippen LogP contribution in [0.15, 0.2) is 30.6 Å². The molecule has 1 aromatic rings. The van der Waals surface area contributed by atoms with Crippen LogP contribution in [0.4, 0.5) is 13.2 Å². The first-order valence-corrected chi connectivity index (χ1v) is 6.08. The van der Waals surface area contributed by atoms with Crippen molar-refractivity contribution in [3.05, 3.63) is 30.6 Å². The number of rotatable bonds is 4. The van der Waals surface area contributed by atoms with Crippen molar-refractivity contribution >= 4 is 11.9 Å². The molecule has 0 saturated heterocycles. The van der Waals surface area contributed by atoms with Crippen LogP contribution in [-0.4, -0.2) is 33.3 Å². The standard InChI is InChI=1S/C6H12O2.C5H5N.C2HF3O2/c1-2-3-4-5-6(7)8;1-2-4-6-5-3-1;3-2(4,5)1(6)7/h2-5H2,1H3,(H,7,8);1-5H;(H,6,7). The second kappa shape index (κ2) is 12.9. The maximum absolute atomic E-state index is 10.6. The second-order valence-corrected chi connectivity index (χ2v) is 3.68. The number of carboxylic acids is 2. The Morgan fingerprint density at radius 3 is 1.71 bits per heavy atom. The fraction of sp³-hybridized carbons (Fsp3) is 0.462. The number of aliphatic carboxylic acids is 2. The van der Waals surface area contributed by atoms with Gasteiger partial charge in [-0.15, -0.1) is 0 Å². The molecule has 120 valence electrons. The maximum Gasteiger partial charge on any atom is 0.490 e. The van der Waals surface area contributed by atoms with Crippen molar-refractivity contribution in [1.29, 1.82) is 0 Å². The summed E-state index contributed by atoms with van der Waals surface area (Å²) in [5, 5.41) is 15.3. The van der Waals surface area contributed by atoms with Gasteiger partial charge in [-0.1, -0.05) is 25.8 Å². The number of hydrogen-bond acceptors (Lipinski definition) is 3. The van der Waals surface area contributed by atoms with E-state index in [1.807, 2.05) is 18.2 Å². The Labute approximate surface area is 120 Å². The van der Waals surface area contributed by atoms with E-state index in [9.17, 15) is 18.0 Å². The average Bonchev–Trinajstić information content (AvgIpc) is 2.41. The number of carbonyl (C=O) groups is 2. The highest BCUT2D eigenvalue weighted by atomic mass is 19.4. The Hall–Kier alpha value is -2.12. The van der Waals surface area contributed by atoms with Crippen molar-refractivity contribution in [3.63, 3.8) is 0 Å². The van der Waals surface area contributed by atoms with Gasteiger partial charge in [0, 0.05) is 18.8 Å². The monoisotopic (exact) mass is 309 g/mol. The minimum Gasteiger partial charge on any atom is -0.481 e. The third kappa shape index (κ3) is 20.4. The average molecular weight is 309 g/mol. The Kier molecular flexibility index (Phi) is 13.0. The van der Waals surface area contributed by atoms with Gasteiger partial charge in [0.1, 0.15) is 0 Å². The van der Waals surface area contributed by atoms with E-state index in [-0.39, 0.29) is 0 Å². The lowest BCUT2D eigenvalue weighted by Gasteiger charge is -1.93. The number of hydrogen-bond donors (Lipinski definition) is 2. The van der Waals surface area contributed by atoms with Crippen LogP contribution < -0.4 is 0 Å². The third-order valence-electron chi connectivity index (χ3n) is 1.80. The predicted molar refractivity (Wildman–Crippen MR) is 69.7 cm³/mol. The zero-order chi connectivity index (χ0) is 16.7. The molecule has 0 amide bonds. The van der Waals surface area contributed by atoms with Crippen molar-refractivity contribution < 1.29 is 33.0 Å².